The lowest BCUT2D eigenvalue weighted by Crippen LogP contribution is -2.44. The van der Waals surface area contributed by atoms with Gasteiger partial charge in [0, 0.05) is 22.6 Å². The number of carbonyl (C=O) groups excluding carboxylic acids is 2. The predicted molar refractivity (Wildman–Crippen MR) is 133 cm³/mol. The fourth-order valence-corrected chi connectivity index (χ4v) is 6.34. The molecular weight excluding hydrogens is 493 g/mol. The maximum atomic E-state index is 15.0. The molecule has 4 heterocycles. The van der Waals surface area contributed by atoms with E-state index in [0.29, 0.717) is 48.2 Å². The molecule has 0 spiro atoms. The van der Waals surface area contributed by atoms with Gasteiger partial charge < -0.3 is 24.8 Å². The normalized spacial score (nSPS) is 23.9. The zero-order valence-corrected chi connectivity index (χ0v) is 21.0. The van der Waals surface area contributed by atoms with Crippen molar-refractivity contribution >= 4 is 22.8 Å². The van der Waals surface area contributed by atoms with E-state index in [4.69, 9.17) is 9.72 Å². The van der Waals surface area contributed by atoms with E-state index in [1.54, 1.807) is 19.9 Å². The van der Waals surface area contributed by atoms with Gasteiger partial charge in [0.25, 0.3) is 11.5 Å². The molecular formula is C28H26FN3O6. The number of benzene rings is 1. The van der Waals surface area contributed by atoms with Crippen molar-refractivity contribution in [3.8, 4) is 11.4 Å². The molecule has 1 amide bonds. The zero-order valence-electron chi connectivity index (χ0n) is 21.0. The lowest BCUT2D eigenvalue weighted by molar-refractivity contribution is -0.172. The van der Waals surface area contributed by atoms with E-state index in [9.17, 15) is 29.0 Å². The third-order valence-corrected chi connectivity index (χ3v) is 8.83. The van der Waals surface area contributed by atoms with E-state index in [1.807, 2.05) is 0 Å². The maximum Gasteiger partial charge on any atom is 0.343 e. The summed E-state index contributed by atoms with van der Waals surface area (Å²) in [5.41, 5.74) is 0.832. The number of cyclic esters (lactones) is 1. The Hall–Kier alpha value is -3.63. The lowest BCUT2D eigenvalue weighted by atomic mass is 9.81. The number of halogens is 1. The smallest absolute Gasteiger partial charge is 0.343 e. The highest BCUT2D eigenvalue weighted by atomic mass is 19.1. The van der Waals surface area contributed by atoms with Crippen LogP contribution in [0.1, 0.15) is 72.0 Å². The van der Waals surface area contributed by atoms with Crippen LogP contribution in [0.25, 0.3) is 22.3 Å². The van der Waals surface area contributed by atoms with Crippen molar-refractivity contribution < 1.29 is 28.9 Å². The summed E-state index contributed by atoms with van der Waals surface area (Å²) in [5, 5.41) is 25.3. The van der Waals surface area contributed by atoms with Gasteiger partial charge in [-0.15, -0.1) is 0 Å². The molecule has 2 atom stereocenters. The van der Waals surface area contributed by atoms with Crippen LogP contribution in [0.15, 0.2) is 16.9 Å². The number of nitrogens with one attached hydrogen (secondary N) is 1. The van der Waals surface area contributed by atoms with Gasteiger partial charge in [-0.25, -0.2) is 14.2 Å². The number of carbonyl (C=O) groups is 2. The molecule has 9 nitrogen and oxygen atoms in total. The second-order valence-electron chi connectivity index (χ2n) is 10.9. The van der Waals surface area contributed by atoms with Crippen molar-refractivity contribution in [1.82, 2.24) is 14.9 Å². The Bertz CT molecular complexity index is 1690. The first-order valence-corrected chi connectivity index (χ1v) is 12.9. The molecule has 10 heteroatoms. The van der Waals surface area contributed by atoms with Gasteiger partial charge in [-0.2, -0.15) is 0 Å². The van der Waals surface area contributed by atoms with E-state index < -0.39 is 34.7 Å². The van der Waals surface area contributed by atoms with Crippen molar-refractivity contribution in [2.45, 2.75) is 76.3 Å². The van der Waals surface area contributed by atoms with Crippen LogP contribution in [-0.4, -0.2) is 37.2 Å². The Morgan fingerprint density at radius 2 is 2.00 bits per heavy atom. The number of aliphatic hydroxyl groups is 2. The average molecular weight is 520 g/mol. The highest BCUT2D eigenvalue weighted by Gasteiger charge is 2.49. The first kappa shape index (κ1) is 23.5. The average Bonchev–Trinajstić information content (AvgIpc) is 3.55. The van der Waals surface area contributed by atoms with E-state index in [1.165, 1.54) is 10.6 Å². The first-order valence-electron chi connectivity index (χ1n) is 12.9. The van der Waals surface area contributed by atoms with Crippen molar-refractivity contribution in [1.29, 1.82) is 0 Å². The van der Waals surface area contributed by atoms with Gasteiger partial charge in [-0.1, -0.05) is 6.92 Å². The van der Waals surface area contributed by atoms with Crippen molar-refractivity contribution in [2.24, 2.45) is 0 Å². The molecule has 1 fully saturated rings. The number of amides is 1. The Kier molecular flexibility index (Phi) is 4.62. The molecule has 7 rings (SSSR count). The van der Waals surface area contributed by atoms with Gasteiger partial charge in [0.2, 0.25) is 0 Å². The fourth-order valence-electron chi connectivity index (χ4n) is 6.34. The van der Waals surface area contributed by atoms with E-state index >= 15 is 0 Å². The monoisotopic (exact) mass is 519 g/mol. The van der Waals surface area contributed by atoms with Crippen LogP contribution in [0, 0.1) is 12.7 Å². The van der Waals surface area contributed by atoms with E-state index in [2.05, 4.69) is 5.32 Å². The van der Waals surface area contributed by atoms with Gasteiger partial charge in [0.1, 0.15) is 18.0 Å². The Labute approximate surface area is 216 Å². The van der Waals surface area contributed by atoms with Crippen LogP contribution in [0.4, 0.5) is 4.39 Å². The minimum Gasteiger partial charge on any atom is -0.458 e. The number of hydrogen-bond acceptors (Lipinski definition) is 7. The van der Waals surface area contributed by atoms with Crippen LogP contribution in [0.5, 0.6) is 0 Å². The SMILES string of the molecule is CC[C@@]1(O)C(=O)OCc2c1cc1n(c2=O)Cc2c-1nc1cc(F)c(C)c3c1c2C(NC(=O)C1(O)CC1)CC3. The van der Waals surface area contributed by atoms with E-state index in [0.717, 1.165) is 22.1 Å². The van der Waals surface area contributed by atoms with Gasteiger partial charge >= 0.3 is 5.97 Å². The summed E-state index contributed by atoms with van der Waals surface area (Å²) in [6.45, 7) is 3.29. The number of nitrogens with zero attached hydrogens (tertiary/aromatic N) is 2. The number of aryl methyl sites for hydroxylation is 1. The van der Waals surface area contributed by atoms with Gasteiger partial charge in [-0.05, 0) is 61.8 Å². The second-order valence-corrected chi connectivity index (χ2v) is 10.9. The molecule has 196 valence electrons. The number of fused-ring (bicyclic) bond motifs is 5. The summed E-state index contributed by atoms with van der Waals surface area (Å²) in [7, 11) is 0. The first-order chi connectivity index (χ1) is 18.1. The Morgan fingerprint density at radius 1 is 1.24 bits per heavy atom. The molecule has 2 aliphatic heterocycles. The fraction of sp³-hybridized carbons (Fsp3) is 0.429. The molecule has 3 aromatic rings. The van der Waals surface area contributed by atoms with Crippen molar-refractivity contribution in [3.63, 3.8) is 0 Å². The lowest BCUT2D eigenvalue weighted by Gasteiger charge is -2.31. The molecule has 1 aromatic carbocycles. The maximum absolute atomic E-state index is 15.0. The molecule has 3 N–H and O–H groups in total. The topological polar surface area (TPSA) is 131 Å². The minimum absolute atomic E-state index is 0.0237. The number of ether oxygens (including phenoxy) is 1. The second kappa shape index (κ2) is 7.48. The van der Waals surface area contributed by atoms with Crippen molar-refractivity contribution in [2.75, 3.05) is 0 Å². The highest BCUT2D eigenvalue weighted by molar-refractivity contribution is 5.95. The van der Waals surface area contributed by atoms with Crippen LogP contribution in [-0.2, 0) is 39.5 Å². The third-order valence-electron chi connectivity index (χ3n) is 8.83. The minimum atomic E-state index is -1.96. The van der Waals surface area contributed by atoms with Crippen LogP contribution >= 0.6 is 0 Å². The highest BCUT2D eigenvalue weighted by Crippen LogP contribution is 2.46. The van der Waals surface area contributed by atoms with Crippen molar-refractivity contribution in [3.05, 3.63) is 61.7 Å². The largest absolute Gasteiger partial charge is 0.458 e. The summed E-state index contributed by atoms with van der Waals surface area (Å²) < 4.78 is 21.7. The molecule has 38 heavy (non-hydrogen) atoms. The summed E-state index contributed by atoms with van der Waals surface area (Å²) >= 11 is 0. The van der Waals surface area contributed by atoms with Crippen LogP contribution in [0.2, 0.25) is 0 Å². The summed E-state index contributed by atoms with van der Waals surface area (Å²) in [6, 6.07) is 2.53. The molecule has 0 saturated heterocycles. The summed E-state index contributed by atoms with van der Waals surface area (Å²) in [4.78, 5) is 43.8. The molecule has 0 bridgehead atoms. The van der Waals surface area contributed by atoms with E-state index in [-0.39, 0.29) is 36.5 Å². The van der Waals surface area contributed by atoms with Gasteiger partial charge in [-0.3, -0.25) is 9.59 Å². The number of rotatable bonds is 3. The molecule has 4 aliphatic rings. The molecule has 1 unspecified atom stereocenters. The quantitative estimate of drug-likeness (QED) is 0.354. The molecule has 1 saturated carbocycles. The molecule has 2 aromatic heterocycles. The van der Waals surface area contributed by atoms with Gasteiger partial charge in [0.15, 0.2) is 5.60 Å². The number of pyridine rings is 2. The number of hydrogen-bond donors (Lipinski definition) is 3. The molecule has 2 aliphatic carbocycles. The number of esters is 1. The zero-order chi connectivity index (χ0) is 26.7. The number of aromatic nitrogens is 2. The summed E-state index contributed by atoms with van der Waals surface area (Å²) in [5.74, 6) is -1.63. The standard InChI is InChI=1S/C28H26FN3O6/c1-3-28(37)16-8-20-23-14(10-32(20)24(33)15(16)11-38-26(28)35)22-18(31-25(34)27(36)6-7-27)5-4-13-12(2)17(29)9-19(30-23)21(13)22/h8-9,18,36-37H,3-7,10-11H2,1-2H3,(H,31,34)/t18?,28-/m0/s1. The van der Waals surface area contributed by atoms with Crippen LogP contribution < -0.4 is 10.9 Å². The Balaban J connectivity index is 1.49. The Morgan fingerprint density at radius 3 is 2.71 bits per heavy atom. The predicted octanol–water partition coefficient (Wildman–Crippen LogP) is 2.16. The summed E-state index contributed by atoms with van der Waals surface area (Å²) in [6.07, 6.45) is 1.87. The third kappa shape index (κ3) is 2.92. The molecule has 0 radical (unpaired) electrons. The van der Waals surface area contributed by atoms with Gasteiger partial charge in [0.05, 0.1) is 35.1 Å². The van der Waals surface area contributed by atoms with Crippen LogP contribution in [0.3, 0.4) is 0 Å².